The number of benzene rings is 1. The molecule has 1 aromatic carbocycles. The van der Waals surface area contributed by atoms with Gasteiger partial charge in [-0.05, 0) is 35.4 Å². The standard InChI is InChI=1S/C13H17ClF2/c1-9(2)13(3,8-14)7-10-4-5-11(15)12(16)6-10/h4-6,9H,7-8H2,1-3H3. The highest BCUT2D eigenvalue weighted by Crippen LogP contribution is 2.32. The molecule has 0 nitrogen and oxygen atoms in total. The first-order chi connectivity index (χ1) is 7.39. The third kappa shape index (κ3) is 2.94. The molecule has 0 radical (unpaired) electrons. The van der Waals surface area contributed by atoms with Crippen LogP contribution in [0.4, 0.5) is 8.78 Å². The van der Waals surface area contributed by atoms with Crippen LogP contribution in [0.1, 0.15) is 26.3 Å². The zero-order valence-electron chi connectivity index (χ0n) is 9.86. The van der Waals surface area contributed by atoms with E-state index in [1.807, 2.05) is 0 Å². The van der Waals surface area contributed by atoms with Crippen molar-refractivity contribution in [3.8, 4) is 0 Å². The number of hydrogen-bond acceptors (Lipinski definition) is 0. The second-order valence-corrected chi connectivity index (χ2v) is 5.13. The van der Waals surface area contributed by atoms with Gasteiger partial charge in [0.2, 0.25) is 0 Å². The van der Waals surface area contributed by atoms with Crippen molar-refractivity contribution >= 4 is 11.6 Å². The molecule has 1 unspecified atom stereocenters. The van der Waals surface area contributed by atoms with Gasteiger partial charge in [-0.3, -0.25) is 0 Å². The monoisotopic (exact) mass is 246 g/mol. The van der Waals surface area contributed by atoms with Gasteiger partial charge in [0, 0.05) is 5.88 Å². The Labute approximate surface area is 101 Å². The Morgan fingerprint density at radius 3 is 2.31 bits per heavy atom. The third-order valence-corrected chi connectivity index (χ3v) is 3.90. The summed E-state index contributed by atoms with van der Waals surface area (Å²) in [5.74, 6) is -0.707. The predicted octanol–water partition coefficient (Wildman–Crippen LogP) is 4.41. The van der Waals surface area contributed by atoms with Gasteiger partial charge >= 0.3 is 0 Å². The van der Waals surface area contributed by atoms with Crippen molar-refractivity contribution in [2.45, 2.75) is 27.2 Å². The first kappa shape index (κ1) is 13.4. The molecule has 3 heteroatoms. The minimum atomic E-state index is -0.805. The van der Waals surface area contributed by atoms with Crippen LogP contribution in [-0.2, 0) is 6.42 Å². The number of halogens is 3. The SMILES string of the molecule is CC(C)C(C)(CCl)Cc1ccc(F)c(F)c1. The fourth-order valence-corrected chi connectivity index (χ4v) is 1.92. The number of alkyl halides is 1. The lowest BCUT2D eigenvalue weighted by Gasteiger charge is -2.31. The predicted molar refractivity (Wildman–Crippen MR) is 63.7 cm³/mol. The van der Waals surface area contributed by atoms with E-state index in [-0.39, 0.29) is 5.41 Å². The van der Waals surface area contributed by atoms with Gasteiger partial charge in [0.25, 0.3) is 0 Å². The molecule has 0 amide bonds. The van der Waals surface area contributed by atoms with E-state index in [0.717, 1.165) is 5.56 Å². The maximum Gasteiger partial charge on any atom is 0.159 e. The quantitative estimate of drug-likeness (QED) is 0.691. The summed E-state index contributed by atoms with van der Waals surface area (Å²) in [5, 5.41) is 0. The molecule has 0 aromatic heterocycles. The highest BCUT2D eigenvalue weighted by atomic mass is 35.5. The van der Waals surface area contributed by atoms with Crippen molar-refractivity contribution in [2.24, 2.45) is 11.3 Å². The molecule has 1 aromatic rings. The van der Waals surface area contributed by atoms with Crippen LogP contribution >= 0.6 is 11.6 Å². The first-order valence-corrected chi connectivity index (χ1v) is 5.92. The fraction of sp³-hybridized carbons (Fsp3) is 0.538. The fourth-order valence-electron chi connectivity index (χ4n) is 1.52. The molecule has 16 heavy (non-hydrogen) atoms. The first-order valence-electron chi connectivity index (χ1n) is 5.39. The Hall–Kier alpha value is -0.630. The van der Waals surface area contributed by atoms with Crippen LogP contribution in [0.2, 0.25) is 0 Å². The molecule has 0 saturated heterocycles. The molecular weight excluding hydrogens is 230 g/mol. The molecule has 0 bridgehead atoms. The summed E-state index contributed by atoms with van der Waals surface area (Å²) in [6, 6.07) is 4.04. The van der Waals surface area contributed by atoms with E-state index >= 15 is 0 Å². The molecular formula is C13H17ClF2. The summed E-state index contributed by atoms with van der Waals surface area (Å²) in [6.07, 6.45) is 0.658. The maximum absolute atomic E-state index is 13.1. The van der Waals surface area contributed by atoms with Crippen LogP contribution in [0, 0.1) is 23.0 Å². The molecule has 0 N–H and O–H groups in total. The molecule has 90 valence electrons. The molecule has 0 saturated carbocycles. The van der Waals surface area contributed by atoms with Gasteiger partial charge in [-0.2, -0.15) is 0 Å². The van der Waals surface area contributed by atoms with Gasteiger partial charge < -0.3 is 0 Å². The molecule has 0 aliphatic carbocycles. The van der Waals surface area contributed by atoms with Crippen molar-refractivity contribution in [3.63, 3.8) is 0 Å². The van der Waals surface area contributed by atoms with E-state index in [4.69, 9.17) is 11.6 Å². The van der Waals surface area contributed by atoms with Gasteiger partial charge in [-0.25, -0.2) is 8.78 Å². The van der Waals surface area contributed by atoms with Crippen molar-refractivity contribution in [2.75, 3.05) is 5.88 Å². The van der Waals surface area contributed by atoms with E-state index < -0.39 is 11.6 Å². The minimum Gasteiger partial charge on any atom is -0.204 e. The average Bonchev–Trinajstić information content (AvgIpc) is 2.23. The van der Waals surface area contributed by atoms with E-state index in [2.05, 4.69) is 20.8 Å². The zero-order chi connectivity index (χ0) is 12.3. The molecule has 0 heterocycles. The number of hydrogen-bond donors (Lipinski definition) is 0. The van der Waals surface area contributed by atoms with E-state index in [1.54, 1.807) is 6.07 Å². The highest BCUT2D eigenvalue weighted by Gasteiger charge is 2.27. The van der Waals surface area contributed by atoms with Crippen LogP contribution in [0.3, 0.4) is 0 Å². The van der Waals surface area contributed by atoms with Crippen molar-refractivity contribution in [1.29, 1.82) is 0 Å². The Bertz CT molecular complexity index is 363. The Kier molecular flexibility index (Phi) is 4.31. The van der Waals surface area contributed by atoms with Gasteiger partial charge in [0.05, 0.1) is 0 Å². The van der Waals surface area contributed by atoms with E-state index in [1.165, 1.54) is 12.1 Å². The zero-order valence-corrected chi connectivity index (χ0v) is 10.6. The Morgan fingerprint density at radius 2 is 1.88 bits per heavy atom. The molecule has 0 spiro atoms. The van der Waals surface area contributed by atoms with Crippen molar-refractivity contribution in [1.82, 2.24) is 0 Å². The molecule has 0 aliphatic rings. The molecule has 1 atom stereocenters. The second kappa shape index (κ2) is 5.13. The van der Waals surface area contributed by atoms with Gasteiger partial charge in [-0.15, -0.1) is 11.6 Å². The van der Waals surface area contributed by atoms with Crippen LogP contribution in [0.15, 0.2) is 18.2 Å². The summed E-state index contributed by atoms with van der Waals surface area (Å²) < 4.78 is 25.8. The molecule has 0 fully saturated rings. The van der Waals surface area contributed by atoms with Gasteiger partial charge in [-0.1, -0.05) is 26.8 Å². The number of rotatable bonds is 4. The van der Waals surface area contributed by atoms with E-state index in [9.17, 15) is 8.78 Å². The summed E-state index contributed by atoms with van der Waals surface area (Å²) >= 11 is 5.96. The van der Waals surface area contributed by atoms with Gasteiger partial charge in [0.15, 0.2) is 11.6 Å². The van der Waals surface area contributed by atoms with Gasteiger partial charge in [0.1, 0.15) is 0 Å². The maximum atomic E-state index is 13.1. The summed E-state index contributed by atoms with van der Waals surface area (Å²) in [5.41, 5.74) is 0.696. The molecule has 0 aliphatic heterocycles. The topological polar surface area (TPSA) is 0 Å². The second-order valence-electron chi connectivity index (χ2n) is 4.87. The average molecular weight is 247 g/mol. The summed E-state index contributed by atoms with van der Waals surface area (Å²) in [7, 11) is 0. The van der Waals surface area contributed by atoms with Crippen LogP contribution in [0.5, 0.6) is 0 Å². The summed E-state index contributed by atoms with van der Waals surface area (Å²) in [6.45, 7) is 6.23. The van der Waals surface area contributed by atoms with Crippen LogP contribution in [0.25, 0.3) is 0 Å². The van der Waals surface area contributed by atoms with Crippen LogP contribution in [-0.4, -0.2) is 5.88 Å². The largest absolute Gasteiger partial charge is 0.204 e. The lowest BCUT2D eigenvalue weighted by molar-refractivity contribution is 0.253. The normalized spacial score (nSPS) is 15.2. The Morgan fingerprint density at radius 1 is 1.25 bits per heavy atom. The third-order valence-electron chi connectivity index (χ3n) is 3.29. The lowest BCUT2D eigenvalue weighted by atomic mass is 9.76. The highest BCUT2D eigenvalue weighted by molar-refractivity contribution is 6.18. The lowest BCUT2D eigenvalue weighted by Crippen LogP contribution is -2.28. The van der Waals surface area contributed by atoms with E-state index in [0.29, 0.717) is 18.2 Å². The smallest absolute Gasteiger partial charge is 0.159 e. The molecule has 1 rings (SSSR count). The van der Waals surface area contributed by atoms with Crippen molar-refractivity contribution in [3.05, 3.63) is 35.4 Å². The minimum absolute atomic E-state index is 0.0914. The Balaban J connectivity index is 2.90. The summed E-state index contributed by atoms with van der Waals surface area (Å²) in [4.78, 5) is 0. The van der Waals surface area contributed by atoms with Crippen LogP contribution < -0.4 is 0 Å². The van der Waals surface area contributed by atoms with Crippen molar-refractivity contribution < 1.29 is 8.78 Å².